The maximum atomic E-state index is 12.6. The fourth-order valence-corrected chi connectivity index (χ4v) is 4.09. The lowest BCUT2D eigenvalue weighted by molar-refractivity contribution is -0.137. The van der Waals surface area contributed by atoms with Crippen LogP contribution in [0.5, 0.6) is 5.75 Å². The van der Waals surface area contributed by atoms with Crippen molar-refractivity contribution >= 4 is 28.8 Å². The quantitative estimate of drug-likeness (QED) is 0.599. The number of anilines is 2. The van der Waals surface area contributed by atoms with Crippen LogP contribution in [0.15, 0.2) is 30.5 Å². The lowest BCUT2D eigenvalue weighted by atomic mass is 10.2. The molecule has 1 amide bonds. The summed E-state index contributed by atoms with van der Waals surface area (Å²) in [6, 6.07) is 4.94. The summed E-state index contributed by atoms with van der Waals surface area (Å²) < 4.78 is 43.1. The van der Waals surface area contributed by atoms with E-state index in [1.165, 1.54) is 6.20 Å². The summed E-state index contributed by atoms with van der Waals surface area (Å²) in [5.74, 6) is 0.446. The molecule has 0 spiro atoms. The van der Waals surface area contributed by atoms with Crippen molar-refractivity contribution in [2.24, 2.45) is 0 Å². The van der Waals surface area contributed by atoms with Crippen LogP contribution in [0.1, 0.15) is 17.7 Å². The van der Waals surface area contributed by atoms with Crippen molar-refractivity contribution in [3.05, 3.63) is 41.7 Å². The molecule has 4 heterocycles. The minimum atomic E-state index is -4.43. The van der Waals surface area contributed by atoms with Gasteiger partial charge in [-0.1, -0.05) is 0 Å². The van der Waals surface area contributed by atoms with Gasteiger partial charge >= 0.3 is 6.18 Å². The SMILES string of the molecule is Cc1nc(N2CC3CC2CN3)nc2ncc(NC(=O)COc3ccc(C(F)(F)F)cc3)nc12. The molecule has 2 aromatic heterocycles. The molecule has 172 valence electrons. The topological polar surface area (TPSA) is 105 Å². The van der Waals surface area contributed by atoms with Crippen molar-refractivity contribution in [2.45, 2.75) is 31.6 Å². The average molecular weight is 459 g/mol. The third-order valence-corrected chi connectivity index (χ3v) is 5.70. The number of halogens is 3. The molecule has 0 radical (unpaired) electrons. The van der Waals surface area contributed by atoms with Crippen molar-refractivity contribution < 1.29 is 22.7 Å². The zero-order chi connectivity index (χ0) is 23.2. The van der Waals surface area contributed by atoms with Crippen LogP contribution in [0, 0.1) is 6.92 Å². The Morgan fingerprint density at radius 1 is 1.24 bits per heavy atom. The van der Waals surface area contributed by atoms with E-state index in [4.69, 9.17) is 4.74 Å². The van der Waals surface area contributed by atoms with Gasteiger partial charge in [-0.25, -0.2) is 15.0 Å². The van der Waals surface area contributed by atoms with E-state index in [9.17, 15) is 18.0 Å². The molecule has 2 aliphatic heterocycles. The Kier molecular flexibility index (Phi) is 5.23. The largest absolute Gasteiger partial charge is 0.484 e. The number of piperazine rings is 1. The summed E-state index contributed by atoms with van der Waals surface area (Å²) >= 11 is 0. The smallest absolute Gasteiger partial charge is 0.416 e. The minimum absolute atomic E-state index is 0.144. The van der Waals surface area contributed by atoms with Crippen molar-refractivity contribution in [3.63, 3.8) is 0 Å². The van der Waals surface area contributed by atoms with Gasteiger partial charge in [0.25, 0.3) is 5.91 Å². The third kappa shape index (κ3) is 4.38. The first-order chi connectivity index (χ1) is 15.8. The van der Waals surface area contributed by atoms with Crippen LogP contribution in [0.4, 0.5) is 24.9 Å². The molecule has 12 heteroatoms. The van der Waals surface area contributed by atoms with Gasteiger partial charge in [0.05, 0.1) is 17.5 Å². The van der Waals surface area contributed by atoms with Crippen LogP contribution in [0.3, 0.4) is 0 Å². The van der Waals surface area contributed by atoms with Crippen LogP contribution in [0.2, 0.25) is 0 Å². The van der Waals surface area contributed by atoms with Crippen molar-refractivity contribution in [3.8, 4) is 5.75 Å². The molecule has 1 aromatic carbocycles. The Morgan fingerprint density at radius 3 is 2.70 bits per heavy atom. The van der Waals surface area contributed by atoms with Gasteiger partial charge in [0, 0.05) is 25.2 Å². The highest BCUT2D eigenvalue weighted by Crippen LogP contribution is 2.30. The number of fused-ring (bicyclic) bond motifs is 3. The molecule has 3 aromatic rings. The van der Waals surface area contributed by atoms with Crippen LogP contribution < -0.4 is 20.3 Å². The van der Waals surface area contributed by atoms with Crippen molar-refractivity contribution in [2.75, 3.05) is 29.9 Å². The second-order valence-corrected chi connectivity index (χ2v) is 8.04. The number of nitrogens with one attached hydrogen (secondary N) is 2. The number of nitrogens with zero attached hydrogens (tertiary/aromatic N) is 5. The first kappa shape index (κ1) is 21.3. The summed E-state index contributed by atoms with van der Waals surface area (Å²) in [7, 11) is 0. The van der Waals surface area contributed by atoms with E-state index in [1.54, 1.807) is 0 Å². The van der Waals surface area contributed by atoms with E-state index in [-0.39, 0.29) is 11.6 Å². The first-order valence-corrected chi connectivity index (χ1v) is 10.4. The lowest BCUT2D eigenvalue weighted by Crippen LogP contribution is -2.44. The molecule has 2 fully saturated rings. The molecule has 2 saturated heterocycles. The number of alkyl halides is 3. The monoisotopic (exact) mass is 459 g/mol. The molecule has 0 saturated carbocycles. The molecule has 5 rings (SSSR count). The van der Waals surface area contributed by atoms with Crippen LogP contribution >= 0.6 is 0 Å². The van der Waals surface area contributed by atoms with E-state index < -0.39 is 24.3 Å². The standard InChI is InChI=1S/C21H20F3N7O2/c1-11-18-19(30-20(27-11)31-9-13-6-14(31)7-25-13)26-8-16(29-18)28-17(32)10-33-15-4-2-12(3-5-15)21(22,23)24/h2-5,8,13-14,25H,6-7,9-10H2,1H3,(H,28,29,32). The number of aromatic nitrogens is 4. The van der Waals surface area contributed by atoms with E-state index in [0.29, 0.717) is 34.9 Å². The van der Waals surface area contributed by atoms with Gasteiger partial charge in [0.2, 0.25) is 5.95 Å². The molecule has 2 N–H and O–H groups in total. The Labute approximate surface area is 186 Å². The molecular formula is C21H20F3N7O2. The fourth-order valence-electron chi connectivity index (χ4n) is 4.09. The second-order valence-electron chi connectivity index (χ2n) is 8.04. The Bertz CT molecular complexity index is 1200. The zero-order valence-electron chi connectivity index (χ0n) is 17.6. The summed E-state index contributed by atoms with van der Waals surface area (Å²) in [4.78, 5) is 32.2. The average Bonchev–Trinajstić information content (AvgIpc) is 3.42. The Hall–Kier alpha value is -3.54. The van der Waals surface area contributed by atoms with E-state index in [1.807, 2.05) is 6.92 Å². The van der Waals surface area contributed by atoms with Crippen LogP contribution in [0.25, 0.3) is 11.2 Å². The highest BCUT2D eigenvalue weighted by molar-refractivity contribution is 5.91. The Balaban J connectivity index is 1.24. The number of carbonyl (C=O) groups is 1. The summed E-state index contributed by atoms with van der Waals surface area (Å²) in [5, 5.41) is 6.01. The Morgan fingerprint density at radius 2 is 2.03 bits per heavy atom. The molecule has 2 aliphatic rings. The number of carbonyl (C=O) groups excluding carboxylic acids is 1. The van der Waals surface area contributed by atoms with Gasteiger partial charge < -0.3 is 20.3 Å². The predicted molar refractivity (Wildman–Crippen MR) is 113 cm³/mol. The molecular weight excluding hydrogens is 439 g/mol. The number of amides is 1. The number of benzene rings is 1. The van der Waals surface area contributed by atoms with Gasteiger partial charge in [-0.05, 0) is 37.6 Å². The van der Waals surface area contributed by atoms with Gasteiger partial charge in [0.15, 0.2) is 18.1 Å². The van der Waals surface area contributed by atoms with Crippen molar-refractivity contribution in [1.29, 1.82) is 0 Å². The first-order valence-electron chi connectivity index (χ1n) is 10.4. The van der Waals surface area contributed by atoms with Gasteiger partial charge in [-0.3, -0.25) is 4.79 Å². The molecule has 9 nitrogen and oxygen atoms in total. The molecule has 2 unspecified atom stereocenters. The maximum Gasteiger partial charge on any atom is 0.416 e. The summed E-state index contributed by atoms with van der Waals surface area (Å²) in [6.07, 6.45) is -1.96. The molecule has 2 bridgehead atoms. The summed E-state index contributed by atoms with van der Waals surface area (Å²) in [5.41, 5.74) is 0.769. The highest BCUT2D eigenvalue weighted by atomic mass is 19.4. The van der Waals surface area contributed by atoms with Gasteiger partial charge in [-0.2, -0.15) is 18.2 Å². The zero-order valence-corrected chi connectivity index (χ0v) is 17.6. The van der Waals surface area contributed by atoms with E-state index >= 15 is 0 Å². The van der Waals surface area contributed by atoms with Crippen molar-refractivity contribution in [1.82, 2.24) is 25.3 Å². The van der Waals surface area contributed by atoms with Crippen LogP contribution in [-0.4, -0.2) is 57.6 Å². The van der Waals surface area contributed by atoms with Gasteiger partial charge in [-0.15, -0.1) is 0 Å². The molecule has 33 heavy (non-hydrogen) atoms. The minimum Gasteiger partial charge on any atom is -0.484 e. The highest BCUT2D eigenvalue weighted by Gasteiger charge is 2.39. The molecule has 2 atom stereocenters. The third-order valence-electron chi connectivity index (χ3n) is 5.70. The normalized spacial score (nSPS) is 19.8. The number of ether oxygens (including phenoxy) is 1. The number of rotatable bonds is 5. The summed E-state index contributed by atoms with van der Waals surface area (Å²) in [6.45, 7) is 3.19. The van der Waals surface area contributed by atoms with Crippen LogP contribution in [-0.2, 0) is 11.0 Å². The second kappa shape index (κ2) is 8.10. The number of hydrogen-bond acceptors (Lipinski definition) is 8. The van der Waals surface area contributed by atoms with Gasteiger partial charge in [0.1, 0.15) is 11.3 Å². The lowest BCUT2D eigenvalue weighted by Gasteiger charge is -2.27. The van der Waals surface area contributed by atoms with E-state index in [2.05, 4.69) is 35.5 Å². The maximum absolute atomic E-state index is 12.6. The fraction of sp³-hybridized carbons (Fsp3) is 0.381. The number of aryl methyl sites for hydroxylation is 1. The number of hydrogen-bond donors (Lipinski definition) is 2. The van der Waals surface area contributed by atoms with E-state index in [0.717, 1.165) is 43.8 Å². The molecule has 0 aliphatic carbocycles. The predicted octanol–water partition coefficient (Wildman–Crippen LogP) is 2.32.